The van der Waals surface area contributed by atoms with E-state index in [1.165, 1.54) is 0 Å². The van der Waals surface area contributed by atoms with E-state index in [-0.39, 0.29) is 53.9 Å². The van der Waals surface area contributed by atoms with Crippen molar-refractivity contribution >= 4 is 30.7 Å². The Morgan fingerprint density at radius 1 is 1.14 bits per heavy atom. The van der Waals surface area contributed by atoms with Crippen LogP contribution in [0.5, 0.6) is 0 Å². The standard InChI is InChI=1S/C15H29N3O2.2ClH/c1-14(2)8-11(9-15(3,4)17-14)18(5)13(19)12-10-16-6-7-20-12;;/h11-12,16-17H,6-10H2,1-5H3;2*1H. The minimum atomic E-state index is -0.324. The minimum absolute atomic E-state index is 0. The maximum Gasteiger partial charge on any atom is 0.253 e. The first-order valence-corrected chi connectivity index (χ1v) is 7.59. The third-order valence-corrected chi connectivity index (χ3v) is 4.27. The number of morpholine rings is 1. The summed E-state index contributed by atoms with van der Waals surface area (Å²) in [5.41, 5.74) is 0.0965. The summed E-state index contributed by atoms with van der Waals surface area (Å²) in [6, 6.07) is 0.263. The van der Waals surface area contributed by atoms with E-state index in [1.807, 2.05) is 11.9 Å². The van der Waals surface area contributed by atoms with Gasteiger partial charge in [0.05, 0.1) is 6.61 Å². The molecule has 0 spiro atoms. The summed E-state index contributed by atoms with van der Waals surface area (Å²) >= 11 is 0. The van der Waals surface area contributed by atoms with E-state index in [9.17, 15) is 4.79 Å². The molecule has 5 nitrogen and oxygen atoms in total. The summed E-state index contributed by atoms with van der Waals surface area (Å²) in [4.78, 5) is 14.5. The SMILES string of the molecule is CN(C(=O)C1CNCCO1)C1CC(C)(C)NC(C)(C)C1.Cl.Cl. The van der Waals surface area contributed by atoms with E-state index in [4.69, 9.17) is 4.74 Å². The van der Waals surface area contributed by atoms with E-state index >= 15 is 0 Å². The van der Waals surface area contributed by atoms with Gasteiger partial charge in [0.15, 0.2) is 0 Å². The molecule has 2 rings (SSSR count). The van der Waals surface area contributed by atoms with Gasteiger partial charge in [-0.3, -0.25) is 4.79 Å². The van der Waals surface area contributed by atoms with Gasteiger partial charge in [-0.15, -0.1) is 24.8 Å². The zero-order chi connectivity index (χ0) is 15.0. The largest absolute Gasteiger partial charge is 0.366 e. The van der Waals surface area contributed by atoms with Crippen molar-refractivity contribution < 1.29 is 9.53 Å². The van der Waals surface area contributed by atoms with Gasteiger partial charge < -0.3 is 20.3 Å². The maximum atomic E-state index is 12.6. The second-order valence-corrected chi connectivity index (χ2v) is 7.47. The molecule has 0 aromatic carbocycles. The van der Waals surface area contributed by atoms with Crippen molar-refractivity contribution in [3.8, 4) is 0 Å². The number of amides is 1. The number of halogens is 2. The Bertz CT molecular complexity index is 356. The summed E-state index contributed by atoms with van der Waals surface area (Å²) in [7, 11) is 1.92. The smallest absolute Gasteiger partial charge is 0.253 e. The molecule has 2 saturated heterocycles. The Balaban J connectivity index is 0.00000220. The van der Waals surface area contributed by atoms with Crippen LogP contribution in [0.25, 0.3) is 0 Å². The fourth-order valence-electron chi connectivity index (χ4n) is 3.67. The van der Waals surface area contributed by atoms with Crippen LogP contribution in [0.2, 0.25) is 0 Å². The van der Waals surface area contributed by atoms with Crippen molar-refractivity contribution in [2.24, 2.45) is 0 Å². The second-order valence-electron chi connectivity index (χ2n) is 7.47. The monoisotopic (exact) mass is 355 g/mol. The predicted molar refractivity (Wildman–Crippen MR) is 94.2 cm³/mol. The molecule has 132 valence electrons. The Morgan fingerprint density at radius 2 is 1.68 bits per heavy atom. The molecule has 0 aliphatic carbocycles. The van der Waals surface area contributed by atoms with Crippen LogP contribution in [0.3, 0.4) is 0 Å². The van der Waals surface area contributed by atoms with Crippen LogP contribution < -0.4 is 10.6 Å². The number of carbonyl (C=O) groups excluding carboxylic acids is 1. The van der Waals surface area contributed by atoms with Gasteiger partial charge in [0.2, 0.25) is 0 Å². The van der Waals surface area contributed by atoms with Crippen molar-refractivity contribution in [2.45, 2.75) is 63.8 Å². The van der Waals surface area contributed by atoms with Gasteiger partial charge in [-0.25, -0.2) is 0 Å². The predicted octanol–water partition coefficient (Wildman–Crippen LogP) is 1.59. The number of rotatable bonds is 2. The van der Waals surface area contributed by atoms with Gasteiger partial charge in [-0.1, -0.05) is 0 Å². The summed E-state index contributed by atoms with van der Waals surface area (Å²) in [6.07, 6.45) is 1.62. The zero-order valence-electron chi connectivity index (χ0n) is 14.3. The van der Waals surface area contributed by atoms with E-state index in [0.29, 0.717) is 13.2 Å². The summed E-state index contributed by atoms with van der Waals surface area (Å²) in [5.74, 6) is 0.107. The highest BCUT2D eigenvalue weighted by atomic mass is 35.5. The average Bonchev–Trinajstić information content (AvgIpc) is 2.34. The lowest BCUT2D eigenvalue weighted by Crippen LogP contribution is -2.63. The average molecular weight is 356 g/mol. The molecular weight excluding hydrogens is 325 g/mol. The van der Waals surface area contributed by atoms with Gasteiger partial charge >= 0.3 is 0 Å². The van der Waals surface area contributed by atoms with Crippen molar-refractivity contribution in [2.75, 3.05) is 26.7 Å². The zero-order valence-corrected chi connectivity index (χ0v) is 15.9. The highest BCUT2D eigenvalue weighted by Gasteiger charge is 2.41. The van der Waals surface area contributed by atoms with Crippen molar-refractivity contribution in [3.05, 3.63) is 0 Å². The summed E-state index contributed by atoms with van der Waals surface area (Å²) in [5, 5.41) is 6.87. The van der Waals surface area contributed by atoms with E-state index < -0.39 is 0 Å². The third kappa shape index (κ3) is 5.53. The van der Waals surface area contributed by atoms with Crippen LogP contribution in [0.15, 0.2) is 0 Å². The lowest BCUT2D eigenvalue weighted by Gasteiger charge is -2.49. The lowest BCUT2D eigenvalue weighted by atomic mass is 9.79. The number of ether oxygens (including phenoxy) is 1. The molecule has 0 radical (unpaired) electrons. The molecule has 22 heavy (non-hydrogen) atoms. The summed E-state index contributed by atoms with van der Waals surface area (Å²) in [6.45, 7) is 10.9. The highest BCUT2D eigenvalue weighted by molar-refractivity contribution is 5.85. The molecular formula is C15H31Cl2N3O2. The second kappa shape index (κ2) is 8.15. The molecule has 1 atom stereocenters. The minimum Gasteiger partial charge on any atom is -0.366 e. The highest BCUT2D eigenvalue weighted by Crippen LogP contribution is 2.31. The fourth-order valence-corrected chi connectivity index (χ4v) is 3.67. The number of nitrogens with zero attached hydrogens (tertiary/aromatic N) is 1. The maximum absolute atomic E-state index is 12.6. The normalized spacial score (nSPS) is 27.2. The quantitative estimate of drug-likeness (QED) is 0.789. The molecule has 1 unspecified atom stereocenters. The summed E-state index contributed by atoms with van der Waals surface area (Å²) < 4.78 is 5.59. The molecule has 2 N–H and O–H groups in total. The Morgan fingerprint density at radius 3 is 2.14 bits per heavy atom. The fraction of sp³-hybridized carbons (Fsp3) is 0.933. The van der Waals surface area contributed by atoms with E-state index in [0.717, 1.165) is 19.4 Å². The molecule has 1 amide bonds. The molecule has 7 heteroatoms. The first-order valence-electron chi connectivity index (χ1n) is 7.59. The van der Waals surface area contributed by atoms with Crippen LogP contribution in [-0.4, -0.2) is 60.8 Å². The van der Waals surface area contributed by atoms with Crippen molar-refractivity contribution in [3.63, 3.8) is 0 Å². The lowest BCUT2D eigenvalue weighted by molar-refractivity contribution is -0.147. The first kappa shape index (κ1) is 21.9. The number of likely N-dealkylation sites (N-methyl/N-ethyl adjacent to an activating group) is 1. The van der Waals surface area contributed by atoms with Gasteiger partial charge in [0, 0.05) is 37.3 Å². The van der Waals surface area contributed by atoms with Crippen LogP contribution in [0, 0.1) is 0 Å². The molecule has 0 bridgehead atoms. The third-order valence-electron chi connectivity index (χ3n) is 4.27. The van der Waals surface area contributed by atoms with Crippen molar-refractivity contribution in [1.29, 1.82) is 0 Å². The van der Waals surface area contributed by atoms with E-state index in [1.54, 1.807) is 0 Å². The van der Waals surface area contributed by atoms with Gasteiger partial charge in [0.1, 0.15) is 6.10 Å². The number of piperidine rings is 1. The Labute approximate surface area is 146 Å². The molecule has 0 aromatic rings. The number of carbonyl (C=O) groups is 1. The molecule has 2 aliphatic heterocycles. The number of nitrogens with one attached hydrogen (secondary N) is 2. The van der Waals surface area contributed by atoms with Gasteiger partial charge in [-0.2, -0.15) is 0 Å². The first-order chi connectivity index (χ1) is 9.20. The van der Waals surface area contributed by atoms with E-state index in [2.05, 4.69) is 38.3 Å². The van der Waals surface area contributed by atoms with Crippen LogP contribution in [0.4, 0.5) is 0 Å². The van der Waals surface area contributed by atoms with Gasteiger partial charge in [0.25, 0.3) is 5.91 Å². The molecule has 0 saturated carbocycles. The molecule has 0 aromatic heterocycles. The topological polar surface area (TPSA) is 53.6 Å². The number of hydrogen-bond donors (Lipinski definition) is 2. The van der Waals surface area contributed by atoms with Crippen molar-refractivity contribution in [1.82, 2.24) is 15.5 Å². The van der Waals surface area contributed by atoms with Crippen LogP contribution in [0.1, 0.15) is 40.5 Å². The number of hydrogen-bond acceptors (Lipinski definition) is 4. The van der Waals surface area contributed by atoms with Crippen LogP contribution in [-0.2, 0) is 9.53 Å². The van der Waals surface area contributed by atoms with Gasteiger partial charge in [-0.05, 0) is 40.5 Å². The molecule has 2 fully saturated rings. The van der Waals surface area contributed by atoms with Crippen LogP contribution >= 0.6 is 24.8 Å². The Hall–Kier alpha value is -0.0700. The Kier molecular flexibility index (Phi) is 8.13. The molecule has 2 heterocycles. The molecule has 2 aliphatic rings.